The van der Waals surface area contributed by atoms with Crippen LogP contribution in [0.25, 0.3) is 0 Å². The molecule has 0 aromatic heterocycles. The Morgan fingerprint density at radius 1 is 1.07 bits per heavy atom. The quantitative estimate of drug-likeness (QED) is 0.869. The molecule has 6 rings (SSSR count). The molecule has 4 unspecified atom stereocenters. The lowest BCUT2D eigenvalue weighted by Crippen LogP contribution is -2.63. The Balaban J connectivity index is 1.52. The van der Waals surface area contributed by atoms with Crippen molar-refractivity contribution in [2.24, 2.45) is 22.5 Å². The van der Waals surface area contributed by atoms with Crippen LogP contribution in [-0.2, 0) is 10.2 Å². The molecule has 1 aliphatic heterocycles. The van der Waals surface area contributed by atoms with E-state index in [4.69, 9.17) is 5.73 Å². The van der Waals surface area contributed by atoms with Gasteiger partial charge in [0.2, 0.25) is 5.91 Å². The van der Waals surface area contributed by atoms with Crippen molar-refractivity contribution >= 4 is 5.91 Å². The molecule has 4 saturated carbocycles. The first kappa shape index (κ1) is 17.7. The third-order valence-electron chi connectivity index (χ3n) is 8.60. The zero-order valence-electron chi connectivity index (χ0n) is 16.8. The van der Waals surface area contributed by atoms with E-state index in [0.717, 1.165) is 51.1 Å². The fourth-order valence-electron chi connectivity index (χ4n) is 7.82. The number of benzene rings is 1. The maximum absolute atomic E-state index is 13.9. The van der Waals surface area contributed by atoms with Crippen molar-refractivity contribution in [3.8, 4) is 0 Å². The van der Waals surface area contributed by atoms with Crippen molar-refractivity contribution in [2.75, 3.05) is 13.1 Å². The Bertz CT molecular complexity index is 725. The van der Waals surface area contributed by atoms with Gasteiger partial charge in [0.05, 0.1) is 5.41 Å². The minimum atomic E-state index is -0.118. The summed E-state index contributed by atoms with van der Waals surface area (Å²) in [4.78, 5) is 16.1. The van der Waals surface area contributed by atoms with Crippen LogP contribution in [0.2, 0.25) is 0 Å². The van der Waals surface area contributed by atoms with Crippen LogP contribution in [0, 0.1) is 16.7 Å². The van der Waals surface area contributed by atoms with E-state index in [0.29, 0.717) is 11.3 Å². The molecule has 5 aliphatic rings. The van der Waals surface area contributed by atoms with Crippen LogP contribution in [0.3, 0.4) is 0 Å². The second-order valence-corrected chi connectivity index (χ2v) is 10.4. The molecule has 4 bridgehead atoms. The van der Waals surface area contributed by atoms with Crippen LogP contribution in [0.15, 0.2) is 30.3 Å². The predicted molar refractivity (Wildman–Crippen MR) is 108 cm³/mol. The fraction of sp³-hybridized carbons (Fsp3) is 0.708. The molecule has 3 heteroatoms. The molecule has 4 atom stereocenters. The molecule has 1 aromatic rings. The zero-order chi connectivity index (χ0) is 18.7. The molecule has 0 spiro atoms. The smallest absolute Gasteiger partial charge is 0.228 e. The molecule has 3 nitrogen and oxygen atoms in total. The van der Waals surface area contributed by atoms with Gasteiger partial charge in [-0.25, -0.2) is 0 Å². The lowest BCUT2D eigenvalue weighted by atomic mass is 9.38. The summed E-state index contributed by atoms with van der Waals surface area (Å²) in [6, 6.07) is 11.4. The van der Waals surface area contributed by atoms with Crippen LogP contribution in [0.4, 0.5) is 0 Å². The highest BCUT2D eigenvalue weighted by Crippen LogP contribution is 2.71. The Labute approximate surface area is 163 Å². The summed E-state index contributed by atoms with van der Waals surface area (Å²) in [5.41, 5.74) is 8.07. The van der Waals surface area contributed by atoms with Gasteiger partial charge in [0.1, 0.15) is 0 Å². The lowest BCUT2D eigenvalue weighted by Gasteiger charge is -2.67. The number of hydrogen-bond donors (Lipinski definition) is 1. The van der Waals surface area contributed by atoms with Gasteiger partial charge in [0.15, 0.2) is 0 Å². The number of nitrogens with zero attached hydrogens (tertiary/aromatic N) is 1. The number of hydrogen-bond acceptors (Lipinski definition) is 2. The van der Waals surface area contributed by atoms with E-state index in [2.05, 4.69) is 42.2 Å². The van der Waals surface area contributed by atoms with Gasteiger partial charge in [-0.15, -0.1) is 0 Å². The second kappa shape index (κ2) is 6.07. The molecule has 1 amide bonds. The Morgan fingerprint density at radius 3 is 2.52 bits per heavy atom. The summed E-state index contributed by atoms with van der Waals surface area (Å²) in [5, 5.41) is 0. The first-order valence-corrected chi connectivity index (χ1v) is 11.1. The largest absolute Gasteiger partial charge is 0.342 e. The second-order valence-electron chi connectivity index (χ2n) is 10.4. The van der Waals surface area contributed by atoms with Crippen molar-refractivity contribution in [1.29, 1.82) is 0 Å². The minimum Gasteiger partial charge on any atom is -0.342 e. The van der Waals surface area contributed by atoms with E-state index in [9.17, 15) is 4.79 Å². The number of rotatable bonds is 3. The van der Waals surface area contributed by atoms with Crippen LogP contribution in [-0.4, -0.2) is 29.9 Å². The monoisotopic (exact) mass is 366 g/mol. The van der Waals surface area contributed by atoms with Gasteiger partial charge in [-0.2, -0.15) is 0 Å². The van der Waals surface area contributed by atoms with Gasteiger partial charge in [0, 0.05) is 19.1 Å². The first-order chi connectivity index (χ1) is 13.0. The highest BCUT2D eigenvalue weighted by Gasteiger charge is 2.65. The van der Waals surface area contributed by atoms with E-state index in [1.165, 1.54) is 31.2 Å². The number of piperidine rings is 1. The van der Waals surface area contributed by atoms with Crippen LogP contribution < -0.4 is 5.73 Å². The summed E-state index contributed by atoms with van der Waals surface area (Å²) < 4.78 is 0. The molecule has 5 fully saturated rings. The molecule has 1 heterocycles. The van der Waals surface area contributed by atoms with E-state index >= 15 is 0 Å². The molecule has 4 aliphatic carbocycles. The van der Waals surface area contributed by atoms with Crippen LogP contribution >= 0.6 is 0 Å². The average molecular weight is 367 g/mol. The number of carbonyl (C=O) groups excluding carboxylic acids is 1. The molecular formula is C24H34N2O. The maximum atomic E-state index is 13.9. The van der Waals surface area contributed by atoms with Crippen LogP contribution in [0.1, 0.15) is 70.3 Å². The van der Waals surface area contributed by atoms with Gasteiger partial charge in [-0.05, 0) is 73.7 Å². The molecular weight excluding hydrogens is 332 g/mol. The molecule has 1 saturated heterocycles. The molecule has 2 N–H and O–H groups in total. The van der Waals surface area contributed by atoms with Gasteiger partial charge in [-0.3, -0.25) is 4.79 Å². The minimum absolute atomic E-state index is 0.118. The first-order valence-electron chi connectivity index (χ1n) is 11.1. The summed E-state index contributed by atoms with van der Waals surface area (Å²) in [6.45, 7) is 4.09. The summed E-state index contributed by atoms with van der Waals surface area (Å²) >= 11 is 0. The topological polar surface area (TPSA) is 46.3 Å². The molecule has 146 valence electrons. The molecule has 0 radical (unpaired) electrons. The Kier molecular flexibility index (Phi) is 3.99. The van der Waals surface area contributed by atoms with Crippen molar-refractivity contribution in [3.05, 3.63) is 35.9 Å². The SMILES string of the molecule is CCC12CC3CC(C(=O)N4CCC(N)CC4)(C1)CC(c1ccccc1)(C3)C2. The van der Waals surface area contributed by atoms with E-state index in [1.807, 2.05) is 0 Å². The van der Waals surface area contributed by atoms with Crippen molar-refractivity contribution in [3.63, 3.8) is 0 Å². The molecule has 27 heavy (non-hydrogen) atoms. The average Bonchev–Trinajstić information content (AvgIpc) is 2.68. The molecule has 1 aromatic carbocycles. The summed E-state index contributed by atoms with van der Waals surface area (Å²) in [6.07, 6.45) is 10.4. The van der Waals surface area contributed by atoms with Crippen molar-refractivity contribution in [1.82, 2.24) is 4.90 Å². The van der Waals surface area contributed by atoms with Crippen molar-refractivity contribution in [2.45, 2.75) is 76.2 Å². The third-order valence-corrected chi connectivity index (χ3v) is 8.60. The number of likely N-dealkylation sites (tertiary alicyclic amines) is 1. The van der Waals surface area contributed by atoms with E-state index in [1.54, 1.807) is 0 Å². The van der Waals surface area contributed by atoms with E-state index < -0.39 is 0 Å². The summed E-state index contributed by atoms with van der Waals surface area (Å²) in [7, 11) is 0. The lowest BCUT2D eigenvalue weighted by molar-refractivity contribution is -0.174. The Morgan fingerprint density at radius 2 is 1.81 bits per heavy atom. The Hall–Kier alpha value is -1.35. The number of amides is 1. The standard InChI is InChI=1S/C24H34N2O/c1-2-22-12-18-13-23(15-22,19-6-4-3-5-7-19)17-24(14-18,16-22)21(27)26-10-8-20(25)9-11-26/h3-7,18,20H,2,8-17,25H2,1H3. The maximum Gasteiger partial charge on any atom is 0.228 e. The third kappa shape index (κ3) is 2.68. The number of carbonyl (C=O) groups is 1. The van der Waals surface area contributed by atoms with E-state index in [-0.39, 0.29) is 16.9 Å². The van der Waals surface area contributed by atoms with Crippen LogP contribution in [0.5, 0.6) is 0 Å². The van der Waals surface area contributed by atoms with Crippen molar-refractivity contribution < 1.29 is 4.79 Å². The summed E-state index contributed by atoms with van der Waals surface area (Å²) in [5.74, 6) is 1.19. The van der Waals surface area contributed by atoms with Gasteiger partial charge in [-0.1, -0.05) is 43.7 Å². The fourth-order valence-corrected chi connectivity index (χ4v) is 7.82. The highest BCUT2D eigenvalue weighted by atomic mass is 16.2. The normalized spacial score (nSPS) is 41.1. The predicted octanol–water partition coefficient (Wildman–Crippen LogP) is 4.25. The zero-order valence-corrected chi connectivity index (χ0v) is 16.8. The number of nitrogens with two attached hydrogens (primary N) is 1. The van der Waals surface area contributed by atoms with Gasteiger partial charge < -0.3 is 10.6 Å². The van der Waals surface area contributed by atoms with Gasteiger partial charge >= 0.3 is 0 Å². The highest BCUT2D eigenvalue weighted by molar-refractivity contribution is 5.84. The van der Waals surface area contributed by atoms with Gasteiger partial charge in [0.25, 0.3) is 0 Å².